The van der Waals surface area contributed by atoms with Crippen molar-refractivity contribution >= 4 is 99.5 Å². The van der Waals surface area contributed by atoms with Crippen LogP contribution in [0.1, 0.15) is 34.6 Å². The van der Waals surface area contributed by atoms with Crippen molar-refractivity contribution in [2.24, 2.45) is 0 Å². The minimum absolute atomic E-state index is 0.0231. The number of nitrogens with two attached hydrogens (primary N) is 1. The summed E-state index contributed by atoms with van der Waals surface area (Å²) in [5.41, 5.74) is 6.58. The zero-order valence-corrected chi connectivity index (χ0v) is 37.1. The van der Waals surface area contributed by atoms with Crippen LogP contribution >= 0.6 is 57.1 Å². The molecule has 61 heavy (non-hydrogen) atoms. The number of anilines is 2. The molecule has 21 heteroatoms. The van der Waals surface area contributed by atoms with Crippen molar-refractivity contribution in [2.45, 2.75) is 23.6 Å². The number of ether oxygens (including phenoxy) is 4. The molecule has 6 rings (SSSR count). The van der Waals surface area contributed by atoms with Crippen molar-refractivity contribution in [2.75, 3.05) is 23.7 Å². The van der Waals surface area contributed by atoms with E-state index < -0.39 is 31.0 Å². The first-order valence-electron chi connectivity index (χ1n) is 17.3. The SMILES string of the molecule is CCOC(=O)c1cc(N)ccc1Oc1cncc(Cl)c1.CCOC(=O)c1cc(NS(=O)(=O)c2ccc(Cl)cc2)ccc1Oc1cncc(Cl)c1.O=S(=O)(Cl)c1ccc(Cl)cc1. The van der Waals surface area contributed by atoms with Gasteiger partial charge in [0.25, 0.3) is 19.1 Å². The van der Waals surface area contributed by atoms with Gasteiger partial charge in [-0.05, 0) is 98.8 Å². The van der Waals surface area contributed by atoms with Gasteiger partial charge in [-0.15, -0.1) is 0 Å². The number of esters is 2. The molecule has 0 atom stereocenters. The molecule has 3 N–H and O–H groups in total. The number of hydrogen-bond donors (Lipinski definition) is 2. The number of sulfonamides is 1. The van der Waals surface area contributed by atoms with Crippen molar-refractivity contribution in [3.63, 3.8) is 0 Å². The molecule has 0 bridgehead atoms. The third-order valence-electron chi connectivity index (χ3n) is 7.26. The van der Waals surface area contributed by atoms with E-state index in [0.717, 1.165) is 0 Å². The quantitative estimate of drug-likeness (QED) is 0.0666. The van der Waals surface area contributed by atoms with E-state index in [0.29, 0.717) is 43.0 Å². The van der Waals surface area contributed by atoms with Crippen molar-refractivity contribution in [1.29, 1.82) is 0 Å². The first-order chi connectivity index (χ1) is 28.9. The summed E-state index contributed by atoms with van der Waals surface area (Å²) >= 11 is 23.1. The van der Waals surface area contributed by atoms with Gasteiger partial charge in [0.15, 0.2) is 0 Å². The molecule has 2 aromatic heterocycles. The summed E-state index contributed by atoms with van der Waals surface area (Å²) in [6.07, 6.45) is 5.86. The first-order valence-corrected chi connectivity index (χ1v) is 22.6. The largest absolute Gasteiger partial charge is 0.462 e. The van der Waals surface area contributed by atoms with E-state index in [1.807, 2.05) is 0 Å². The number of nitrogens with one attached hydrogen (secondary N) is 1. The fourth-order valence-electron chi connectivity index (χ4n) is 4.63. The monoisotopic (exact) mass is 968 g/mol. The fraction of sp³-hybridized carbons (Fsp3) is 0.100. The molecule has 0 spiro atoms. The maximum Gasteiger partial charge on any atom is 0.342 e. The molecule has 0 aliphatic rings. The maximum atomic E-state index is 12.6. The van der Waals surface area contributed by atoms with Crippen LogP contribution < -0.4 is 19.9 Å². The molecule has 0 amide bonds. The van der Waals surface area contributed by atoms with Crippen LogP contribution in [0.2, 0.25) is 20.1 Å². The Kier molecular flexibility index (Phi) is 17.8. The molecule has 6 aromatic rings. The smallest absolute Gasteiger partial charge is 0.342 e. The van der Waals surface area contributed by atoms with Gasteiger partial charge in [-0.25, -0.2) is 26.4 Å². The van der Waals surface area contributed by atoms with Crippen molar-refractivity contribution in [3.05, 3.63) is 153 Å². The predicted molar refractivity (Wildman–Crippen MR) is 235 cm³/mol. The highest BCUT2D eigenvalue weighted by Gasteiger charge is 2.20. The lowest BCUT2D eigenvalue weighted by Gasteiger charge is -2.14. The number of nitrogens with zero attached hydrogens (tertiary/aromatic N) is 2. The highest BCUT2D eigenvalue weighted by molar-refractivity contribution is 8.13. The Morgan fingerprint density at radius 2 is 1.03 bits per heavy atom. The highest BCUT2D eigenvalue weighted by atomic mass is 35.7. The summed E-state index contributed by atoms with van der Waals surface area (Å²) in [6, 6.07) is 23.4. The second-order valence-electron chi connectivity index (χ2n) is 11.7. The molecule has 0 unspecified atom stereocenters. The molecule has 2 heterocycles. The van der Waals surface area contributed by atoms with E-state index in [2.05, 4.69) is 14.7 Å². The molecule has 0 aliphatic carbocycles. The average molecular weight is 971 g/mol. The number of carbonyl (C=O) groups is 2. The summed E-state index contributed by atoms with van der Waals surface area (Å²) in [5.74, 6) is 0.0591. The van der Waals surface area contributed by atoms with Crippen LogP contribution in [0.5, 0.6) is 23.0 Å². The van der Waals surface area contributed by atoms with Crippen molar-refractivity contribution in [1.82, 2.24) is 9.97 Å². The normalized spacial score (nSPS) is 10.8. The van der Waals surface area contributed by atoms with Gasteiger partial charge < -0.3 is 24.7 Å². The third kappa shape index (κ3) is 15.3. The lowest BCUT2D eigenvalue weighted by atomic mass is 10.2. The second-order valence-corrected chi connectivity index (χ2v) is 17.7. The zero-order valence-electron chi connectivity index (χ0n) is 31.7. The van der Waals surface area contributed by atoms with E-state index in [1.165, 1.54) is 104 Å². The van der Waals surface area contributed by atoms with Crippen LogP contribution in [-0.4, -0.2) is 52.0 Å². The maximum absolute atomic E-state index is 12.6. The summed E-state index contributed by atoms with van der Waals surface area (Å²) < 4.78 is 70.3. The lowest BCUT2D eigenvalue weighted by molar-refractivity contribution is 0.0513. The zero-order chi connectivity index (χ0) is 44.7. The van der Waals surface area contributed by atoms with Crippen LogP contribution in [0.4, 0.5) is 11.4 Å². The van der Waals surface area contributed by atoms with Crippen LogP contribution in [0.15, 0.2) is 132 Å². The van der Waals surface area contributed by atoms with E-state index >= 15 is 0 Å². The number of carbonyl (C=O) groups excluding carboxylic acids is 2. The Morgan fingerprint density at radius 3 is 1.48 bits per heavy atom. The van der Waals surface area contributed by atoms with Crippen LogP contribution in [0.3, 0.4) is 0 Å². The molecule has 0 saturated carbocycles. The van der Waals surface area contributed by atoms with Crippen LogP contribution in [0, 0.1) is 0 Å². The molecule has 14 nitrogen and oxygen atoms in total. The standard InChI is InChI=1S/C20H16Cl2N2O5S.C14H13ClN2O3.C6H4Cl2O2S/c1-2-28-20(25)18-10-15(24-30(26,27)17-6-3-13(21)4-7-17)5-8-19(18)29-16-9-14(22)11-23-12-16;1-2-19-14(18)12-6-10(16)3-4-13(12)20-11-5-9(15)7-17-8-11;7-5-1-3-6(4-2-5)11(8,9)10/h3-12,24H,2H2,1H3;3-8H,2,16H2,1H3;1-4H. The second kappa shape index (κ2) is 22.5. The molecule has 4 aromatic carbocycles. The van der Waals surface area contributed by atoms with Crippen LogP contribution in [-0.2, 0) is 28.5 Å². The number of aromatic nitrogens is 2. The highest BCUT2D eigenvalue weighted by Crippen LogP contribution is 2.31. The Hall–Kier alpha value is -5.33. The van der Waals surface area contributed by atoms with Gasteiger partial charge >= 0.3 is 11.9 Å². The van der Waals surface area contributed by atoms with Gasteiger partial charge in [0.1, 0.15) is 34.1 Å². The molecule has 0 saturated heterocycles. The first kappa shape index (κ1) is 48.3. The minimum atomic E-state index is -3.89. The van der Waals surface area contributed by atoms with Gasteiger partial charge in [0, 0.05) is 56.6 Å². The molecule has 0 aliphatic heterocycles. The summed E-state index contributed by atoms with van der Waals surface area (Å²) in [4.78, 5) is 32.2. The number of pyridine rings is 2. The van der Waals surface area contributed by atoms with E-state index in [1.54, 1.807) is 32.0 Å². The molecule has 0 fully saturated rings. The average Bonchev–Trinajstić information content (AvgIpc) is 3.20. The Labute approximate surface area is 375 Å². The summed E-state index contributed by atoms with van der Waals surface area (Å²) in [6.45, 7) is 3.79. The molecular formula is C40H33Cl5N4O10S2. The Morgan fingerprint density at radius 1 is 0.590 bits per heavy atom. The van der Waals surface area contributed by atoms with E-state index in [9.17, 15) is 26.4 Å². The Balaban J connectivity index is 0.000000226. The molecule has 0 radical (unpaired) electrons. The van der Waals surface area contributed by atoms with Gasteiger partial charge in [-0.2, -0.15) is 0 Å². The van der Waals surface area contributed by atoms with Crippen molar-refractivity contribution in [3.8, 4) is 23.0 Å². The number of halogens is 5. The number of benzene rings is 4. The molecular weight excluding hydrogens is 938 g/mol. The van der Waals surface area contributed by atoms with E-state index in [-0.39, 0.29) is 45.6 Å². The van der Waals surface area contributed by atoms with Gasteiger partial charge in [-0.1, -0.05) is 46.4 Å². The van der Waals surface area contributed by atoms with E-state index in [4.69, 9.17) is 81.8 Å². The van der Waals surface area contributed by atoms with Gasteiger partial charge in [0.2, 0.25) is 0 Å². The van der Waals surface area contributed by atoms with Gasteiger partial charge in [0.05, 0.1) is 45.4 Å². The predicted octanol–water partition coefficient (Wildman–Crippen LogP) is 10.7. The Bertz CT molecular complexity index is 2690. The lowest BCUT2D eigenvalue weighted by Crippen LogP contribution is -2.14. The number of hydrogen-bond acceptors (Lipinski definition) is 13. The minimum Gasteiger partial charge on any atom is -0.462 e. The third-order valence-corrected chi connectivity index (χ3v) is 10.9. The number of rotatable bonds is 12. The van der Waals surface area contributed by atoms with Crippen LogP contribution in [0.25, 0.3) is 0 Å². The van der Waals surface area contributed by atoms with Gasteiger partial charge in [-0.3, -0.25) is 14.7 Å². The summed E-state index contributed by atoms with van der Waals surface area (Å²) in [5, 5.41) is 1.69. The van der Waals surface area contributed by atoms with Crippen molar-refractivity contribution < 1.29 is 45.4 Å². The number of nitrogen functional groups attached to an aromatic ring is 1. The fourth-order valence-corrected chi connectivity index (χ4v) is 7.03. The topological polar surface area (TPSA) is 203 Å². The molecule has 320 valence electrons. The summed E-state index contributed by atoms with van der Waals surface area (Å²) in [7, 11) is -2.46.